The molecule has 0 N–H and O–H groups in total. The summed E-state index contributed by atoms with van der Waals surface area (Å²) in [6.07, 6.45) is -1.57. The Morgan fingerprint density at radius 1 is 1.04 bits per heavy atom. The molecule has 138 valence electrons. The lowest BCUT2D eigenvalue weighted by atomic mass is 9.93. The van der Waals surface area contributed by atoms with Crippen molar-refractivity contribution in [2.45, 2.75) is 46.0 Å². The van der Waals surface area contributed by atoms with Gasteiger partial charge in [-0.05, 0) is 55.2 Å². The molecule has 2 aromatic rings. The fourth-order valence-corrected chi connectivity index (χ4v) is 3.40. The third kappa shape index (κ3) is 3.48. The highest BCUT2D eigenvalue weighted by atomic mass is 19.4. The van der Waals surface area contributed by atoms with Gasteiger partial charge >= 0.3 is 6.18 Å². The zero-order chi connectivity index (χ0) is 19.1. The van der Waals surface area contributed by atoms with Gasteiger partial charge in [-0.25, -0.2) is 4.39 Å². The highest BCUT2D eigenvalue weighted by Crippen LogP contribution is 2.40. The van der Waals surface area contributed by atoms with E-state index in [1.807, 2.05) is 24.8 Å². The summed E-state index contributed by atoms with van der Waals surface area (Å²) < 4.78 is 53.5. The van der Waals surface area contributed by atoms with Crippen molar-refractivity contribution in [2.24, 2.45) is 0 Å². The minimum Gasteiger partial charge on any atom is -0.360 e. The van der Waals surface area contributed by atoms with E-state index in [1.165, 1.54) is 18.2 Å². The Morgan fingerprint density at radius 3 is 2.38 bits per heavy atom. The van der Waals surface area contributed by atoms with E-state index in [9.17, 15) is 17.6 Å². The molecule has 26 heavy (non-hydrogen) atoms. The predicted molar refractivity (Wildman–Crippen MR) is 96.5 cm³/mol. The third-order valence-corrected chi connectivity index (χ3v) is 4.91. The van der Waals surface area contributed by atoms with Gasteiger partial charge < -0.3 is 4.90 Å². The molecule has 1 aliphatic rings. The second kappa shape index (κ2) is 6.78. The molecule has 5 heteroatoms. The van der Waals surface area contributed by atoms with Crippen LogP contribution in [0.5, 0.6) is 0 Å². The van der Waals surface area contributed by atoms with Crippen molar-refractivity contribution in [2.75, 3.05) is 4.90 Å². The SMILES string of the molecule is CCC1C=C(C)c2ccc(C(F)(F)F)cc2N1Cc1ccc(C)c(F)c1. The molecule has 0 bridgehead atoms. The van der Waals surface area contributed by atoms with Crippen molar-refractivity contribution in [1.82, 2.24) is 0 Å². The Kier molecular flexibility index (Phi) is 4.82. The van der Waals surface area contributed by atoms with Crippen molar-refractivity contribution >= 4 is 11.3 Å². The second-order valence-electron chi connectivity index (χ2n) is 6.77. The molecule has 1 atom stereocenters. The number of allylic oxidation sites excluding steroid dienone is 1. The van der Waals surface area contributed by atoms with Crippen molar-refractivity contribution in [3.05, 3.63) is 70.5 Å². The molecular weight excluding hydrogens is 342 g/mol. The maximum absolute atomic E-state index is 13.9. The first-order valence-electron chi connectivity index (χ1n) is 8.62. The van der Waals surface area contributed by atoms with Gasteiger partial charge in [-0.3, -0.25) is 0 Å². The summed E-state index contributed by atoms with van der Waals surface area (Å²) in [5, 5.41) is 0. The third-order valence-electron chi connectivity index (χ3n) is 4.91. The summed E-state index contributed by atoms with van der Waals surface area (Å²) in [4.78, 5) is 1.93. The van der Waals surface area contributed by atoms with Crippen LogP contribution < -0.4 is 4.90 Å². The van der Waals surface area contributed by atoms with Crippen LogP contribution in [0.1, 0.15) is 42.5 Å². The Balaban J connectivity index is 2.07. The average molecular weight is 363 g/mol. The number of hydrogen-bond donors (Lipinski definition) is 0. The highest BCUT2D eigenvalue weighted by Gasteiger charge is 2.33. The average Bonchev–Trinajstić information content (AvgIpc) is 2.59. The lowest BCUT2D eigenvalue weighted by molar-refractivity contribution is -0.137. The molecule has 0 aliphatic carbocycles. The van der Waals surface area contributed by atoms with Crippen LogP contribution in [-0.4, -0.2) is 6.04 Å². The summed E-state index contributed by atoms with van der Waals surface area (Å²) in [6, 6.07) is 8.80. The number of rotatable bonds is 3. The summed E-state index contributed by atoms with van der Waals surface area (Å²) >= 11 is 0. The first-order chi connectivity index (χ1) is 12.2. The van der Waals surface area contributed by atoms with Crippen LogP contribution in [0.2, 0.25) is 0 Å². The van der Waals surface area contributed by atoms with Crippen LogP contribution in [0, 0.1) is 12.7 Å². The highest BCUT2D eigenvalue weighted by molar-refractivity contribution is 5.80. The minimum atomic E-state index is -4.40. The molecule has 0 spiro atoms. The fourth-order valence-electron chi connectivity index (χ4n) is 3.40. The molecule has 1 unspecified atom stereocenters. The minimum absolute atomic E-state index is 0.0321. The molecular formula is C21H21F4N. The van der Waals surface area contributed by atoms with Crippen LogP contribution in [0.4, 0.5) is 23.2 Å². The number of benzene rings is 2. The van der Waals surface area contributed by atoms with E-state index < -0.39 is 11.7 Å². The zero-order valence-corrected chi connectivity index (χ0v) is 15.0. The second-order valence-corrected chi connectivity index (χ2v) is 6.77. The van der Waals surface area contributed by atoms with Crippen LogP contribution in [0.15, 0.2) is 42.5 Å². The zero-order valence-electron chi connectivity index (χ0n) is 15.0. The maximum atomic E-state index is 13.9. The Morgan fingerprint density at radius 2 is 1.77 bits per heavy atom. The number of anilines is 1. The summed E-state index contributed by atoms with van der Waals surface area (Å²) in [5.74, 6) is -0.302. The Labute approximate surface area is 150 Å². The number of halogens is 4. The van der Waals surface area contributed by atoms with E-state index in [0.29, 0.717) is 17.8 Å². The smallest absolute Gasteiger partial charge is 0.360 e. The van der Waals surface area contributed by atoms with Crippen LogP contribution >= 0.6 is 0 Å². The number of nitrogens with zero attached hydrogens (tertiary/aromatic N) is 1. The first-order valence-corrected chi connectivity index (χ1v) is 8.62. The normalized spacial score (nSPS) is 17.1. The molecule has 0 amide bonds. The predicted octanol–water partition coefficient (Wildman–Crippen LogP) is 6.36. The van der Waals surface area contributed by atoms with Crippen LogP contribution in [0.25, 0.3) is 5.57 Å². The van der Waals surface area contributed by atoms with Crippen molar-refractivity contribution in [1.29, 1.82) is 0 Å². The van der Waals surface area contributed by atoms with Crippen LogP contribution in [0.3, 0.4) is 0 Å². The van der Waals surface area contributed by atoms with Gasteiger partial charge in [0.1, 0.15) is 5.82 Å². The van der Waals surface area contributed by atoms with Gasteiger partial charge in [-0.15, -0.1) is 0 Å². The van der Waals surface area contributed by atoms with Gasteiger partial charge in [-0.1, -0.05) is 31.2 Å². The molecule has 2 aromatic carbocycles. The molecule has 0 saturated carbocycles. The first kappa shape index (κ1) is 18.5. The largest absolute Gasteiger partial charge is 0.416 e. The lowest BCUT2D eigenvalue weighted by Gasteiger charge is -2.37. The molecule has 0 radical (unpaired) electrons. The van der Waals surface area contributed by atoms with Crippen LogP contribution in [-0.2, 0) is 12.7 Å². The molecule has 1 nitrogen and oxygen atoms in total. The van der Waals surface area contributed by atoms with Gasteiger partial charge in [0.15, 0.2) is 0 Å². The van der Waals surface area contributed by atoms with E-state index >= 15 is 0 Å². The summed E-state index contributed by atoms with van der Waals surface area (Å²) in [7, 11) is 0. The van der Waals surface area contributed by atoms with E-state index in [0.717, 1.165) is 29.2 Å². The molecule has 0 saturated heterocycles. The van der Waals surface area contributed by atoms with E-state index in [2.05, 4.69) is 6.08 Å². The van der Waals surface area contributed by atoms with Crippen molar-refractivity contribution in [3.63, 3.8) is 0 Å². The maximum Gasteiger partial charge on any atom is 0.416 e. The van der Waals surface area contributed by atoms with Gasteiger partial charge in [0.2, 0.25) is 0 Å². The molecule has 1 aliphatic heterocycles. The monoisotopic (exact) mass is 363 g/mol. The number of fused-ring (bicyclic) bond motifs is 1. The van der Waals surface area contributed by atoms with Crippen molar-refractivity contribution in [3.8, 4) is 0 Å². The van der Waals surface area contributed by atoms with Gasteiger partial charge in [0, 0.05) is 23.8 Å². The topological polar surface area (TPSA) is 3.24 Å². The van der Waals surface area contributed by atoms with E-state index in [4.69, 9.17) is 0 Å². The molecule has 3 rings (SSSR count). The fraction of sp³-hybridized carbons (Fsp3) is 0.333. The number of aryl methyl sites for hydroxylation is 1. The van der Waals surface area contributed by atoms with E-state index in [-0.39, 0.29) is 11.9 Å². The Bertz CT molecular complexity index is 852. The van der Waals surface area contributed by atoms with Gasteiger partial charge in [-0.2, -0.15) is 13.2 Å². The van der Waals surface area contributed by atoms with Gasteiger partial charge in [0.05, 0.1) is 5.56 Å². The summed E-state index contributed by atoms with van der Waals surface area (Å²) in [5.41, 5.74) is 2.92. The molecule has 0 aromatic heterocycles. The quantitative estimate of drug-likeness (QED) is 0.574. The Hall–Kier alpha value is -2.30. The van der Waals surface area contributed by atoms with E-state index in [1.54, 1.807) is 13.0 Å². The number of hydrogen-bond acceptors (Lipinski definition) is 1. The standard InChI is InChI=1S/C21H21F4N/c1-4-17-9-14(3)18-8-7-16(21(23,24)25)11-20(18)26(17)12-15-6-5-13(2)19(22)10-15/h5-11,17H,4,12H2,1-3H3. The summed E-state index contributed by atoms with van der Waals surface area (Å²) in [6.45, 7) is 5.95. The lowest BCUT2D eigenvalue weighted by Crippen LogP contribution is -2.36. The molecule has 0 fully saturated rings. The van der Waals surface area contributed by atoms with Gasteiger partial charge in [0.25, 0.3) is 0 Å². The number of alkyl halides is 3. The molecule has 1 heterocycles. The van der Waals surface area contributed by atoms with Crippen molar-refractivity contribution < 1.29 is 17.6 Å².